The average molecular weight is 318 g/mol. The molecule has 2 aliphatic rings. The van der Waals surface area contributed by atoms with E-state index < -0.39 is 29.7 Å². The van der Waals surface area contributed by atoms with Gasteiger partial charge in [-0.05, 0) is 18.2 Å². The van der Waals surface area contributed by atoms with E-state index in [1.165, 1.54) is 30.1 Å². The minimum atomic E-state index is -1.15. The van der Waals surface area contributed by atoms with Gasteiger partial charge < -0.3 is 14.7 Å². The second kappa shape index (κ2) is 5.47. The minimum absolute atomic E-state index is 0.0772. The van der Waals surface area contributed by atoms with Crippen LogP contribution in [0.25, 0.3) is 0 Å². The van der Waals surface area contributed by atoms with Gasteiger partial charge in [-0.2, -0.15) is 0 Å². The van der Waals surface area contributed by atoms with Crippen molar-refractivity contribution in [3.63, 3.8) is 0 Å². The summed E-state index contributed by atoms with van der Waals surface area (Å²) >= 11 is 0. The molecule has 1 saturated heterocycles. The van der Waals surface area contributed by atoms with Crippen molar-refractivity contribution in [2.75, 3.05) is 26.8 Å². The van der Waals surface area contributed by atoms with E-state index in [4.69, 9.17) is 4.74 Å². The number of nitrogens with zero attached hydrogens (tertiary/aromatic N) is 2. The van der Waals surface area contributed by atoms with Crippen molar-refractivity contribution in [3.8, 4) is 0 Å². The fraction of sp³-hybridized carbons (Fsp3) is 0.333. The molecular formula is C15H14N2O6. The number of carboxylic acid groups (broad SMARTS) is 1. The molecule has 0 saturated carbocycles. The largest absolute Gasteiger partial charge is 0.480 e. The van der Waals surface area contributed by atoms with Crippen molar-refractivity contribution < 1.29 is 29.0 Å². The Labute approximate surface area is 131 Å². The van der Waals surface area contributed by atoms with Gasteiger partial charge in [0.05, 0.1) is 24.3 Å². The number of imide groups is 1. The average Bonchev–Trinajstić information content (AvgIpc) is 2.78. The highest BCUT2D eigenvalue weighted by atomic mass is 16.5. The number of carbonyl (C=O) groups is 4. The first-order valence-corrected chi connectivity index (χ1v) is 6.99. The van der Waals surface area contributed by atoms with E-state index in [1.807, 2.05) is 0 Å². The number of carbonyl (C=O) groups excluding carboxylic acids is 3. The molecule has 0 bridgehead atoms. The van der Waals surface area contributed by atoms with Crippen molar-refractivity contribution in [1.29, 1.82) is 0 Å². The van der Waals surface area contributed by atoms with Gasteiger partial charge in [-0.1, -0.05) is 0 Å². The van der Waals surface area contributed by atoms with Crippen LogP contribution in [-0.2, 0) is 9.53 Å². The van der Waals surface area contributed by atoms with Crippen molar-refractivity contribution >= 4 is 23.7 Å². The number of carboxylic acids is 1. The maximum absolute atomic E-state index is 12.6. The summed E-state index contributed by atoms with van der Waals surface area (Å²) in [7, 11) is 1.37. The molecule has 1 N–H and O–H groups in total. The lowest BCUT2D eigenvalue weighted by Gasteiger charge is -2.32. The quantitative estimate of drug-likeness (QED) is 0.760. The first-order chi connectivity index (χ1) is 10.9. The highest BCUT2D eigenvalue weighted by Crippen LogP contribution is 2.24. The van der Waals surface area contributed by atoms with Gasteiger partial charge in [0.2, 0.25) is 0 Å². The second-order valence-electron chi connectivity index (χ2n) is 5.36. The standard InChI is InChI=1S/C15H14N2O6/c1-16-13(19)9-3-2-8(6-10(9)14(16)20)12(18)17-4-5-23-7-11(17)15(21)22/h2-3,6,11H,4-5,7H2,1H3,(H,21,22). The van der Waals surface area contributed by atoms with E-state index in [-0.39, 0.29) is 36.4 Å². The second-order valence-corrected chi connectivity index (χ2v) is 5.36. The van der Waals surface area contributed by atoms with Crippen LogP contribution < -0.4 is 0 Å². The summed E-state index contributed by atoms with van der Waals surface area (Å²) in [6.07, 6.45) is 0. The fourth-order valence-corrected chi connectivity index (χ4v) is 2.71. The summed E-state index contributed by atoms with van der Waals surface area (Å²) in [6, 6.07) is 3.13. The van der Waals surface area contributed by atoms with Crippen molar-refractivity contribution in [1.82, 2.24) is 9.80 Å². The zero-order chi connectivity index (χ0) is 16.7. The smallest absolute Gasteiger partial charge is 0.328 e. The Kier molecular flexibility index (Phi) is 3.61. The number of fused-ring (bicyclic) bond motifs is 1. The lowest BCUT2D eigenvalue weighted by molar-refractivity contribution is -0.147. The van der Waals surface area contributed by atoms with Gasteiger partial charge in [-0.3, -0.25) is 19.3 Å². The lowest BCUT2D eigenvalue weighted by Crippen LogP contribution is -2.52. The third-order valence-electron chi connectivity index (χ3n) is 4.01. The number of hydrogen-bond acceptors (Lipinski definition) is 5. The molecular weight excluding hydrogens is 304 g/mol. The Morgan fingerprint density at radius 1 is 1.22 bits per heavy atom. The summed E-state index contributed by atoms with van der Waals surface area (Å²) < 4.78 is 5.10. The summed E-state index contributed by atoms with van der Waals surface area (Å²) in [5.74, 6) is -2.54. The number of rotatable bonds is 2. The van der Waals surface area contributed by atoms with Crippen LogP contribution >= 0.6 is 0 Å². The molecule has 8 nitrogen and oxygen atoms in total. The van der Waals surface area contributed by atoms with Gasteiger partial charge in [0.1, 0.15) is 0 Å². The number of ether oxygens (including phenoxy) is 1. The first kappa shape index (κ1) is 15.2. The highest BCUT2D eigenvalue weighted by Gasteiger charge is 2.36. The van der Waals surface area contributed by atoms with Crippen LogP contribution in [-0.4, -0.2) is 71.4 Å². The topological polar surface area (TPSA) is 104 Å². The maximum Gasteiger partial charge on any atom is 0.328 e. The zero-order valence-corrected chi connectivity index (χ0v) is 12.3. The van der Waals surface area contributed by atoms with Crippen molar-refractivity contribution in [3.05, 3.63) is 34.9 Å². The maximum atomic E-state index is 12.6. The molecule has 23 heavy (non-hydrogen) atoms. The van der Waals surface area contributed by atoms with Crippen LogP contribution in [0.15, 0.2) is 18.2 Å². The molecule has 2 heterocycles. The Morgan fingerprint density at radius 2 is 1.91 bits per heavy atom. The number of benzene rings is 1. The molecule has 120 valence electrons. The first-order valence-electron chi connectivity index (χ1n) is 6.99. The molecule has 0 radical (unpaired) electrons. The Morgan fingerprint density at radius 3 is 2.61 bits per heavy atom. The van der Waals surface area contributed by atoms with E-state index in [0.717, 1.165) is 4.90 Å². The predicted molar refractivity (Wildman–Crippen MR) is 76.1 cm³/mol. The van der Waals surface area contributed by atoms with Crippen LogP contribution in [0.3, 0.4) is 0 Å². The predicted octanol–water partition coefficient (Wildman–Crippen LogP) is -0.162. The number of amides is 3. The third-order valence-corrected chi connectivity index (χ3v) is 4.01. The molecule has 1 fully saturated rings. The van der Waals surface area contributed by atoms with E-state index >= 15 is 0 Å². The summed E-state index contributed by atoms with van der Waals surface area (Å²) in [5, 5.41) is 9.19. The Balaban J connectivity index is 1.94. The van der Waals surface area contributed by atoms with E-state index in [2.05, 4.69) is 0 Å². The number of aliphatic carboxylic acids is 1. The molecule has 0 aromatic heterocycles. The van der Waals surface area contributed by atoms with Crippen LogP contribution in [0.2, 0.25) is 0 Å². The molecule has 3 rings (SSSR count). The summed E-state index contributed by atoms with van der Waals surface area (Å²) in [5.41, 5.74) is 0.572. The monoisotopic (exact) mass is 318 g/mol. The van der Waals surface area contributed by atoms with Crippen LogP contribution in [0.1, 0.15) is 31.1 Å². The Hall–Kier alpha value is -2.74. The van der Waals surface area contributed by atoms with E-state index in [9.17, 15) is 24.3 Å². The van der Waals surface area contributed by atoms with Gasteiger partial charge in [0.25, 0.3) is 17.7 Å². The minimum Gasteiger partial charge on any atom is -0.480 e. The molecule has 8 heteroatoms. The van der Waals surface area contributed by atoms with Gasteiger partial charge in [0, 0.05) is 19.2 Å². The van der Waals surface area contributed by atoms with Crippen molar-refractivity contribution in [2.24, 2.45) is 0 Å². The highest BCUT2D eigenvalue weighted by molar-refractivity contribution is 6.21. The van der Waals surface area contributed by atoms with Crippen LogP contribution in [0, 0.1) is 0 Å². The number of hydrogen-bond donors (Lipinski definition) is 1. The van der Waals surface area contributed by atoms with Crippen LogP contribution in [0.4, 0.5) is 0 Å². The zero-order valence-electron chi connectivity index (χ0n) is 12.3. The summed E-state index contributed by atoms with van der Waals surface area (Å²) in [4.78, 5) is 49.9. The fourth-order valence-electron chi connectivity index (χ4n) is 2.71. The van der Waals surface area contributed by atoms with E-state index in [0.29, 0.717) is 0 Å². The molecule has 3 amide bonds. The van der Waals surface area contributed by atoms with Gasteiger partial charge in [0.15, 0.2) is 6.04 Å². The normalized spacial score (nSPS) is 20.7. The molecule has 1 unspecified atom stereocenters. The van der Waals surface area contributed by atoms with Crippen molar-refractivity contribution in [2.45, 2.75) is 6.04 Å². The van der Waals surface area contributed by atoms with Gasteiger partial charge >= 0.3 is 5.97 Å². The SMILES string of the molecule is CN1C(=O)c2ccc(C(=O)N3CCOCC3C(=O)O)cc2C1=O. The molecule has 1 aromatic rings. The summed E-state index contributed by atoms with van der Waals surface area (Å²) in [6.45, 7) is 0.326. The number of morpholine rings is 1. The molecule has 0 aliphatic carbocycles. The van der Waals surface area contributed by atoms with Gasteiger partial charge in [-0.15, -0.1) is 0 Å². The Bertz CT molecular complexity index is 729. The lowest BCUT2D eigenvalue weighted by atomic mass is 10.0. The molecule has 2 aliphatic heterocycles. The van der Waals surface area contributed by atoms with Crippen LogP contribution in [0.5, 0.6) is 0 Å². The third kappa shape index (κ3) is 2.36. The molecule has 0 spiro atoms. The van der Waals surface area contributed by atoms with E-state index in [1.54, 1.807) is 0 Å². The molecule has 1 aromatic carbocycles. The molecule has 1 atom stereocenters. The van der Waals surface area contributed by atoms with Gasteiger partial charge in [-0.25, -0.2) is 4.79 Å².